The maximum Gasteiger partial charge on any atom is 0.00461 e. The summed E-state index contributed by atoms with van der Waals surface area (Å²) in [5.74, 6) is 0. The Morgan fingerprint density at radius 2 is 0.800 bits per heavy atom. The highest BCUT2D eigenvalue weighted by atomic mass is 14.6. The molecule has 0 atom stereocenters. The third-order valence-electron chi connectivity index (χ3n) is 0.825. The largest absolute Gasteiger partial charge is 0.330 e. The van der Waals surface area contributed by atoms with Gasteiger partial charge in [0.1, 0.15) is 0 Å². The first-order valence-electron chi connectivity index (χ1n) is 3.63. The van der Waals surface area contributed by atoms with E-state index in [-0.39, 0.29) is 0 Å². The molecule has 0 saturated heterocycles. The second-order valence-corrected chi connectivity index (χ2v) is 1.86. The summed E-state index contributed by atoms with van der Waals surface area (Å²) in [5, 5.41) is 0. The number of hydrogen-bond acceptors (Lipinski definition) is 4. The Bertz CT molecular complexity index is 34.7. The van der Waals surface area contributed by atoms with Crippen molar-refractivity contribution in [2.24, 2.45) is 22.9 Å². The summed E-state index contributed by atoms with van der Waals surface area (Å²) in [6, 6.07) is 0. The Labute approximate surface area is 62.9 Å². The van der Waals surface area contributed by atoms with Gasteiger partial charge in [0.05, 0.1) is 0 Å². The van der Waals surface area contributed by atoms with Crippen LogP contribution in [0.3, 0.4) is 0 Å². The number of rotatable bonds is 4. The highest BCUT2D eigenvalue weighted by Crippen LogP contribution is 1.77. The van der Waals surface area contributed by atoms with Gasteiger partial charge in [-0.2, -0.15) is 0 Å². The third-order valence-corrected chi connectivity index (χ3v) is 0.825. The van der Waals surface area contributed by atoms with Gasteiger partial charge in [-0.15, -0.1) is 0 Å². The van der Waals surface area contributed by atoms with Crippen LogP contribution >= 0.6 is 0 Å². The number of unbranched alkanes of at least 4 members (excludes halogenated alkanes) is 1. The molecule has 0 fully saturated rings. The molecule has 0 aromatic carbocycles. The lowest BCUT2D eigenvalue weighted by molar-refractivity contribution is 0.755. The van der Waals surface area contributed by atoms with E-state index < -0.39 is 0 Å². The van der Waals surface area contributed by atoms with Crippen LogP contribution < -0.4 is 22.9 Å². The molecule has 0 spiro atoms. The van der Waals surface area contributed by atoms with Gasteiger partial charge in [-0.05, 0) is 25.9 Å². The molecule has 0 saturated carbocycles. The van der Waals surface area contributed by atoms with E-state index in [1.165, 1.54) is 0 Å². The third kappa shape index (κ3) is 24.9. The minimum atomic E-state index is 0.597. The van der Waals surface area contributed by atoms with Crippen molar-refractivity contribution in [3.8, 4) is 0 Å². The lowest BCUT2D eigenvalue weighted by atomic mass is 10.3. The Morgan fingerprint density at radius 3 is 0.900 bits per heavy atom. The Kier molecular flexibility index (Phi) is 19.9. The molecule has 0 aliphatic rings. The van der Waals surface area contributed by atoms with E-state index in [2.05, 4.69) is 0 Å². The maximum atomic E-state index is 5.16. The Balaban J connectivity index is 0. The molecule has 4 nitrogen and oxygen atoms in total. The summed E-state index contributed by atoms with van der Waals surface area (Å²) in [6.45, 7) is 2.74. The van der Waals surface area contributed by atoms with Crippen molar-refractivity contribution in [2.45, 2.75) is 12.8 Å². The van der Waals surface area contributed by atoms with Crippen molar-refractivity contribution in [3.05, 3.63) is 0 Å². The SMILES string of the molecule is NCCCCN.NCCN. The fraction of sp³-hybridized carbons (Fsp3) is 1.00. The summed E-state index contributed by atoms with van der Waals surface area (Å²) in [7, 11) is 0. The molecule has 0 amide bonds. The van der Waals surface area contributed by atoms with Crippen LogP contribution in [0, 0.1) is 0 Å². The molecule has 64 valence electrons. The highest BCUT2D eigenvalue weighted by molar-refractivity contribution is 4.38. The molecule has 4 heteroatoms. The van der Waals surface area contributed by atoms with Crippen LogP contribution in [0.5, 0.6) is 0 Å². The molecule has 0 aliphatic heterocycles. The normalized spacial score (nSPS) is 8.40. The smallest absolute Gasteiger partial charge is 0.00461 e. The lowest BCUT2D eigenvalue weighted by Gasteiger charge is -1.87. The molecular formula is C6H20N4. The summed E-state index contributed by atoms with van der Waals surface area (Å²) in [5.41, 5.74) is 20.1. The molecule has 0 aromatic heterocycles. The zero-order valence-corrected chi connectivity index (χ0v) is 6.55. The van der Waals surface area contributed by atoms with Gasteiger partial charge in [-0.25, -0.2) is 0 Å². The van der Waals surface area contributed by atoms with Crippen LogP contribution in [0.1, 0.15) is 12.8 Å². The number of hydrogen-bond donors (Lipinski definition) is 4. The minimum absolute atomic E-state index is 0.597. The first kappa shape index (κ1) is 12.5. The van der Waals surface area contributed by atoms with E-state index in [1.807, 2.05) is 0 Å². The van der Waals surface area contributed by atoms with Gasteiger partial charge in [0, 0.05) is 13.1 Å². The van der Waals surface area contributed by atoms with Crippen LogP contribution in [-0.4, -0.2) is 26.2 Å². The van der Waals surface area contributed by atoms with E-state index in [0.717, 1.165) is 25.9 Å². The van der Waals surface area contributed by atoms with E-state index in [1.54, 1.807) is 0 Å². The monoisotopic (exact) mass is 148 g/mol. The molecule has 10 heavy (non-hydrogen) atoms. The van der Waals surface area contributed by atoms with Crippen molar-refractivity contribution in [3.63, 3.8) is 0 Å². The van der Waals surface area contributed by atoms with Crippen LogP contribution in [0.2, 0.25) is 0 Å². The maximum absolute atomic E-state index is 5.16. The fourth-order valence-corrected chi connectivity index (χ4v) is 0.289. The summed E-state index contributed by atoms with van der Waals surface area (Å²) >= 11 is 0. The average molecular weight is 148 g/mol. The van der Waals surface area contributed by atoms with E-state index in [9.17, 15) is 0 Å². The molecule has 0 aromatic rings. The van der Waals surface area contributed by atoms with Crippen LogP contribution in [0.25, 0.3) is 0 Å². The minimum Gasteiger partial charge on any atom is -0.330 e. The molecule has 0 aliphatic carbocycles. The van der Waals surface area contributed by atoms with Gasteiger partial charge < -0.3 is 22.9 Å². The topological polar surface area (TPSA) is 104 Å². The fourth-order valence-electron chi connectivity index (χ4n) is 0.289. The zero-order valence-electron chi connectivity index (χ0n) is 6.55. The Hall–Kier alpha value is -0.160. The molecule has 0 rings (SSSR count). The van der Waals surface area contributed by atoms with Gasteiger partial charge in [0.15, 0.2) is 0 Å². The zero-order chi connectivity index (χ0) is 8.24. The second-order valence-electron chi connectivity index (χ2n) is 1.86. The predicted molar refractivity (Wildman–Crippen MR) is 45.5 cm³/mol. The molecular weight excluding hydrogens is 128 g/mol. The van der Waals surface area contributed by atoms with Gasteiger partial charge in [-0.3, -0.25) is 0 Å². The molecule has 0 radical (unpaired) electrons. The number of nitrogens with two attached hydrogens (primary N) is 4. The second kappa shape index (κ2) is 15.9. The van der Waals surface area contributed by atoms with Gasteiger partial charge in [-0.1, -0.05) is 0 Å². The first-order chi connectivity index (χ1) is 4.83. The van der Waals surface area contributed by atoms with Crippen molar-refractivity contribution in [1.82, 2.24) is 0 Å². The predicted octanol–water partition coefficient (Wildman–Crippen LogP) is -1.41. The lowest BCUT2D eigenvalue weighted by Crippen LogP contribution is -2.11. The summed E-state index contributed by atoms with van der Waals surface area (Å²) in [6.07, 6.45) is 2.13. The molecule has 0 bridgehead atoms. The molecule has 8 N–H and O–H groups in total. The van der Waals surface area contributed by atoms with Crippen molar-refractivity contribution in [1.29, 1.82) is 0 Å². The van der Waals surface area contributed by atoms with Crippen LogP contribution in [0.4, 0.5) is 0 Å². The van der Waals surface area contributed by atoms with E-state index >= 15 is 0 Å². The van der Waals surface area contributed by atoms with Crippen LogP contribution in [-0.2, 0) is 0 Å². The van der Waals surface area contributed by atoms with Crippen LogP contribution in [0.15, 0.2) is 0 Å². The summed E-state index contributed by atoms with van der Waals surface area (Å²) < 4.78 is 0. The van der Waals surface area contributed by atoms with Gasteiger partial charge in [0.25, 0.3) is 0 Å². The molecule has 0 heterocycles. The van der Waals surface area contributed by atoms with E-state index in [4.69, 9.17) is 22.9 Å². The first-order valence-corrected chi connectivity index (χ1v) is 3.63. The van der Waals surface area contributed by atoms with Crippen molar-refractivity contribution >= 4 is 0 Å². The average Bonchev–Trinajstić information content (AvgIpc) is 2.01. The van der Waals surface area contributed by atoms with E-state index in [0.29, 0.717) is 13.1 Å². The van der Waals surface area contributed by atoms with Crippen molar-refractivity contribution in [2.75, 3.05) is 26.2 Å². The van der Waals surface area contributed by atoms with Crippen molar-refractivity contribution < 1.29 is 0 Å². The standard InChI is InChI=1S/C4H12N2.C2H8N2/c5-3-1-2-4-6;3-1-2-4/h1-6H2;1-4H2. The highest BCUT2D eigenvalue weighted by Gasteiger charge is 1.75. The molecule has 0 unspecified atom stereocenters. The van der Waals surface area contributed by atoms with Gasteiger partial charge in [0.2, 0.25) is 0 Å². The Morgan fingerprint density at radius 1 is 0.500 bits per heavy atom. The van der Waals surface area contributed by atoms with Gasteiger partial charge >= 0.3 is 0 Å². The quantitative estimate of drug-likeness (QED) is 0.367. The summed E-state index contributed by atoms with van der Waals surface area (Å²) in [4.78, 5) is 0.